The molecule has 1 atom stereocenters. The highest BCUT2D eigenvalue weighted by Crippen LogP contribution is 2.35. The van der Waals surface area contributed by atoms with Crippen LogP contribution in [0.3, 0.4) is 0 Å². The molecule has 1 aromatic rings. The zero-order chi connectivity index (χ0) is 12.5. The number of rotatable bonds is 4. The Morgan fingerprint density at radius 3 is 2.89 bits per heavy atom. The van der Waals surface area contributed by atoms with E-state index in [1.807, 2.05) is 6.07 Å². The third kappa shape index (κ3) is 2.20. The molecule has 0 radical (unpaired) electrons. The van der Waals surface area contributed by atoms with E-state index in [0.29, 0.717) is 19.1 Å². The summed E-state index contributed by atoms with van der Waals surface area (Å²) in [5, 5.41) is 3.29. The minimum Gasteiger partial charge on any atom is -0.467 e. The lowest BCUT2D eigenvalue weighted by atomic mass is 10.1. The monoisotopic (exact) mass is 247 g/mol. The molecule has 4 nitrogen and oxygen atoms in total. The summed E-state index contributed by atoms with van der Waals surface area (Å²) in [6.45, 7) is 1.36. The van der Waals surface area contributed by atoms with E-state index in [9.17, 15) is 4.79 Å². The second-order valence-corrected chi connectivity index (χ2v) is 4.96. The molecule has 0 aromatic heterocycles. The van der Waals surface area contributed by atoms with Crippen LogP contribution in [0.5, 0.6) is 0 Å². The number of benzene rings is 1. The fourth-order valence-corrected chi connectivity index (χ4v) is 2.37. The van der Waals surface area contributed by atoms with E-state index < -0.39 is 0 Å². The summed E-state index contributed by atoms with van der Waals surface area (Å²) in [5.41, 5.74) is 3.42. The summed E-state index contributed by atoms with van der Waals surface area (Å²) in [4.78, 5) is 11.7. The van der Waals surface area contributed by atoms with Gasteiger partial charge < -0.3 is 14.8 Å². The molecule has 0 bridgehead atoms. The van der Waals surface area contributed by atoms with E-state index in [1.54, 1.807) is 0 Å². The van der Waals surface area contributed by atoms with Crippen LogP contribution in [0.1, 0.15) is 24.0 Å². The van der Waals surface area contributed by atoms with Gasteiger partial charge in [-0.2, -0.15) is 0 Å². The lowest BCUT2D eigenvalue weighted by Gasteiger charge is -2.17. The van der Waals surface area contributed by atoms with Gasteiger partial charge in [0.15, 0.2) is 0 Å². The average molecular weight is 247 g/mol. The van der Waals surface area contributed by atoms with Gasteiger partial charge >= 0.3 is 5.97 Å². The van der Waals surface area contributed by atoms with Crippen LogP contribution in [-0.4, -0.2) is 19.1 Å². The molecule has 96 valence electrons. The molecule has 3 rings (SSSR count). The smallest absolute Gasteiger partial charge is 0.328 e. The predicted molar refractivity (Wildman–Crippen MR) is 67.1 cm³/mol. The first-order chi connectivity index (χ1) is 8.78. The van der Waals surface area contributed by atoms with Crippen LogP contribution in [0.4, 0.5) is 5.69 Å². The topological polar surface area (TPSA) is 47.6 Å². The fourth-order valence-electron chi connectivity index (χ4n) is 2.37. The van der Waals surface area contributed by atoms with Crippen molar-refractivity contribution in [3.05, 3.63) is 29.3 Å². The SMILES string of the molecule is COC(=O)C(Nc1ccc2c(c1)COC2)C1CC1. The second kappa shape index (κ2) is 4.61. The first-order valence-electron chi connectivity index (χ1n) is 6.32. The number of anilines is 1. The number of carbonyl (C=O) groups is 1. The molecule has 0 amide bonds. The standard InChI is InChI=1S/C14H17NO3/c1-17-14(16)13(9-2-3-9)15-12-5-4-10-7-18-8-11(10)6-12/h4-6,9,13,15H,2-3,7-8H2,1H3. The van der Waals surface area contributed by atoms with E-state index in [2.05, 4.69) is 17.4 Å². The Hall–Kier alpha value is -1.55. The van der Waals surface area contributed by atoms with Gasteiger partial charge in [0.05, 0.1) is 20.3 Å². The molecular formula is C14H17NO3. The highest BCUT2D eigenvalue weighted by molar-refractivity contribution is 5.80. The second-order valence-electron chi connectivity index (χ2n) is 4.96. The number of nitrogens with one attached hydrogen (secondary N) is 1. The highest BCUT2D eigenvalue weighted by Gasteiger charge is 2.37. The summed E-state index contributed by atoms with van der Waals surface area (Å²) in [6.07, 6.45) is 2.20. The third-order valence-electron chi connectivity index (χ3n) is 3.59. The number of ether oxygens (including phenoxy) is 2. The van der Waals surface area contributed by atoms with Crippen molar-refractivity contribution in [1.82, 2.24) is 0 Å². The van der Waals surface area contributed by atoms with Gasteiger partial charge in [-0.25, -0.2) is 4.79 Å². The van der Waals surface area contributed by atoms with Gasteiger partial charge in [-0.1, -0.05) is 6.07 Å². The largest absolute Gasteiger partial charge is 0.467 e. The first-order valence-corrected chi connectivity index (χ1v) is 6.32. The van der Waals surface area contributed by atoms with Crippen LogP contribution in [0.15, 0.2) is 18.2 Å². The van der Waals surface area contributed by atoms with Gasteiger partial charge in [0.25, 0.3) is 0 Å². The molecule has 1 heterocycles. The summed E-state index contributed by atoms with van der Waals surface area (Å²) in [6, 6.07) is 5.92. The quantitative estimate of drug-likeness (QED) is 0.827. The van der Waals surface area contributed by atoms with Crippen LogP contribution in [-0.2, 0) is 27.5 Å². The molecule has 18 heavy (non-hydrogen) atoms. The van der Waals surface area contributed by atoms with Crippen molar-refractivity contribution in [2.75, 3.05) is 12.4 Å². The molecule has 4 heteroatoms. The molecule has 1 aliphatic heterocycles. The van der Waals surface area contributed by atoms with Gasteiger partial charge in [-0.05, 0) is 42.0 Å². The van der Waals surface area contributed by atoms with E-state index in [1.165, 1.54) is 18.2 Å². The van der Waals surface area contributed by atoms with Gasteiger partial charge in [-0.15, -0.1) is 0 Å². The molecule has 1 aromatic carbocycles. The first kappa shape index (κ1) is 11.5. The lowest BCUT2D eigenvalue weighted by Crippen LogP contribution is -2.32. The summed E-state index contributed by atoms with van der Waals surface area (Å²) in [5.74, 6) is 0.246. The maximum Gasteiger partial charge on any atom is 0.328 e. The van der Waals surface area contributed by atoms with Crippen molar-refractivity contribution in [3.63, 3.8) is 0 Å². The Morgan fingerprint density at radius 1 is 1.39 bits per heavy atom. The van der Waals surface area contributed by atoms with Crippen molar-refractivity contribution in [2.24, 2.45) is 5.92 Å². The van der Waals surface area contributed by atoms with Crippen LogP contribution in [0, 0.1) is 5.92 Å². The van der Waals surface area contributed by atoms with E-state index >= 15 is 0 Å². The Labute approximate surface area is 106 Å². The minimum absolute atomic E-state index is 0.172. The molecule has 1 fully saturated rings. The Kier molecular flexibility index (Phi) is 2.96. The maximum atomic E-state index is 11.7. The molecule has 1 unspecified atom stereocenters. The lowest BCUT2D eigenvalue weighted by molar-refractivity contribution is -0.142. The van der Waals surface area contributed by atoms with E-state index in [-0.39, 0.29) is 12.0 Å². The van der Waals surface area contributed by atoms with Crippen LogP contribution in [0.25, 0.3) is 0 Å². The summed E-state index contributed by atoms with van der Waals surface area (Å²) < 4.78 is 10.2. The maximum absolute atomic E-state index is 11.7. The predicted octanol–water partition coefficient (Wildman–Crippen LogP) is 2.08. The number of carbonyl (C=O) groups excluding carboxylic acids is 1. The summed E-state index contributed by atoms with van der Waals surface area (Å²) in [7, 11) is 1.44. The van der Waals surface area contributed by atoms with Crippen molar-refractivity contribution < 1.29 is 14.3 Å². The van der Waals surface area contributed by atoms with Crippen molar-refractivity contribution >= 4 is 11.7 Å². The molecule has 1 N–H and O–H groups in total. The normalized spacial score (nSPS) is 19.2. The molecule has 2 aliphatic rings. The van der Waals surface area contributed by atoms with Gasteiger partial charge in [0.1, 0.15) is 6.04 Å². The number of hydrogen-bond acceptors (Lipinski definition) is 4. The molecule has 1 saturated carbocycles. The Balaban J connectivity index is 1.76. The molecule has 0 saturated heterocycles. The number of methoxy groups -OCH3 is 1. The number of esters is 1. The van der Waals surface area contributed by atoms with Crippen LogP contribution >= 0.6 is 0 Å². The van der Waals surface area contributed by atoms with Crippen molar-refractivity contribution in [2.45, 2.75) is 32.1 Å². The third-order valence-corrected chi connectivity index (χ3v) is 3.59. The van der Waals surface area contributed by atoms with Gasteiger partial charge in [0.2, 0.25) is 0 Å². The number of fused-ring (bicyclic) bond motifs is 1. The molecule has 0 spiro atoms. The van der Waals surface area contributed by atoms with E-state index in [0.717, 1.165) is 18.5 Å². The molecule has 1 aliphatic carbocycles. The number of hydrogen-bond donors (Lipinski definition) is 1. The summed E-state index contributed by atoms with van der Waals surface area (Å²) >= 11 is 0. The van der Waals surface area contributed by atoms with Crippen molar-refractivity contribution in [3.8, 4) is 0 Å². The highest BCUT2D eigenvalue weighted by atomic mass is 16.5. The Morgan fingerprint density at radius 2 is 2.17 bits per heavy atom. The molecular weight excluding hydrogens is 230 g/mol. The van der Waals surface area contributed by atoms with Crippen LogP contribution < -0.4 is 5.32 Å². The van der Waals surface area contributed by atoms with Crippen molar-refractivity contribution in [1.29, 1.82) is 0 Å². The zero-order valence-corrected chi connectivity index (χ0v) is 10.4. The Bertz CT molecular complexity index is 468. The van der Waals surface area contributed by atoms with E-state index in [4.69, 9.17) is 9.47 Å². The zero-order valence-electron chi connectivity index (χ0n) is 10.4. The average Bonchev–Trinajstić information content (AvgIpc) is 3.12. The van der Waals surface area contributed by atoms with Gasteiger partial charge in [0, 0.05) is 5.69 Å². The minimum atomic E-state index is -0.213. The van der Waals surface area contributed by atoms with Gasteiger partial charge in [-0.3, -0.25) is 0 Å². The van der Waals surface area contributed by atoms with Crippen LogP contribution in [0.2, 0.25) is 0 Å². The fraction of sp³-hybridized carbons (Fsp3) is 0.500.